The Hall–Kier alpha value is -2.11. The van der Waals surface area contributed by atoms with E-state index in [9.17, 15) is 4.79 Å². The number of carbonyl (C=O) groups is 1. The van der Waals surface area contributed by atoms with Gasteiger partial charge >= 0.3 is 0 Å². The molecule has 22 heavy (non-hydrogen) atoms. The predicted molar refractivity (Wildman–Crippen MR) is 81.9 cm³/mol. The number of hydrogen-bond donors (Lipinski definition) is 0. The van der Waals surface area contributed by atoms with Gasteiger partial charge in [0.25, 0.3) is 5.91 Å². The lowest BCUT2D eigenvalue weighted by Crippen LogP contribution is -2.41. The third-order valence-corrected chi connectivity index (χ3v) is 4.21. The number of aromatic nitrogens is 3. The molecule has 1 saturated heterocycles. The van der Waals surface area contributed by atoms with Crippen LogP contribution in [0.5, 0.6) is 0 Å². The second-order valence-corrected chi connectivity index (χ2v) is 6.02. The Labute approximate surface area is 130 Å². The Morgan fingerprint density at radius 3 is 2.68 bits per heavy atom. The fourth-order valence-electron chi connectivity index (χ4n) is 3.23. The van der Waals surface area contributed by atoms with Gasteiger partial charge in [0, 0.05) is 13.1 Å². The first-order chi connectivity index (χ1) is 10.5. The van der Waals surface area contributed by atoms with E-state index in [0.717, 1.165) is 36.8 Å². The number of aryl methyl sites for hydroxylation is 4. The number of hydrogen-bond acceptors (Lipinski definition) is 4. The zero-order chi connectivity index (χ0) is 15.9. The summed E-state index contributed by atoms with van der Waals surface area (Å²) < 4.78 is 7.45. The number of rotatable bonds is 2. The standard InChI is InChI=1S/C16H22N4O2/c1-10-8-15(11(2)22-10)16(21)19-7-5-6-14(9-19)20-13(4)17-12(3)18-20/h8,14H,5-7,9H2,1-4H3/t14-/m0/s1. The van der Waals surface area contributed by atoms with Crippen molar-refractivity contribution >= 4 is 5.91 Å². The highest BCUT2D eigenvalue weighted by molar-refractivity contribution is 5.95. The molecular formula is C16H22N4O2. The minimum atomic E-state index is 0.0496. The van der Waals surface area contributed by atoms with Gasteiger partial charge in [-0.05, 0) is 46.6 Å². The molecule has 1 fully saturated rings. The lowest BCUT2D eigenvalue weighted by atomic mass is 10.0. The topological polar surface area (TPSA) is 64.2 Å². The van der Waals surface area contributed by atoms with Gasteiger partial charge in [-0.2, -0.15) is 5.10 Å². The summed E-state index contributed by atoms with van der Waals surface area (Å²) in [6.45, 7) is 9.02. The fraction of sp³-hybridized carbons (Fsp3) is 0.562. The maximum absolute atomic E-state index is 12.7. The minimum absolute atomic E-state index is 0.0496. The van der Waals surface area contributed by atoms with Crippen LogP contribution in [0.15, 0.2) is 10.5 Å². The Bertz CT molecular complexity index is 701. The van der Waals surface area contributed by atoms with E-state index in [0.29, 0.717) is 17.9 Å². The van der Waals surface area contributed by atoms with Crippen molar-refractivity contribution in [2.45, 2.75) is 46.6 Å². The normalized spacial score (nSPS) is 18.7. The summed E-state index contributed by atoms with van der Waals surface area (Å²) in [6.07, 6.45) is 2.00. The average molecular weight is 302 g/mol. The molecule has 2 aromatic rings. The monoisotopic (exact) mass is 302 g/mol. The Balaban J connectivity index is 1.80. The maximum atomic E-state index is 12.7. The van der Waals surface area contributed by atoms with Crippen molar-refractivity contribution in [3.05, 3.63) is 34.8 Å². The third-order valence-electron chi connectivity index (χ3n) is 4.21. The van der Waals surface area contributed by atoms with E-state index in [2.05, 4.69) is 10.1 Å². The van der Waals surface area contributed by atoms with Gasteiger partial charge in [-0.15, -0.1) is 0 Å². The Morgan fingerprint density at radius 1 is 1.32 bits per heavy atom. The summed E-state index contributed by atoms with van der Waals surface area (Å²) in [6, 6.07) is 2.03. The van der Waals surface area contributed by atoms with Crippen molar-refractivity contribution in [3.63, 3.8) is 0 Å². The van der Waals surface area contributed by atoms with Crippen molar-refractivity contribution < 1.29 is 9.21 Å². The van der Waals surface area contributed by atoms with E-state index < -0.39 is 0 Å². The van der Waals surface area contributed by atoms with Gasteiger partial charge in [-0.1, -0.05) is 0 Å². The van der Waals surface area contributed by atoms with E-state index in [1.807, 2.05) is 43.3 Å². The highest BCUT2D eigenvalue weighted by Crippen LogP contribution is 2.25. The van der Waals surface area contributed by atoms with Crippen LogP contribution in [0.25, 0.3) is 0 Å². The van der Waals surface area contributed by atoms with Crippen LogP contribution in [0.4, 0.5) is 0 Å². The maximum Gasteiger partial charge on any atom is 0.257 e. The van der Waals surface area contributed by atoms with E-state index >= 15 is 0 Å². The van der Waals surface area contributed by atoms with E-state index in [1.54, 1.807) is 0 Å². The molecule has 0 saturated carbocycles. The molecule has 0 radical (unpaired) electrons. The summed E-state index contributed by atoms with van der Waals surface area (Å²) in [7, 11) is 0. The first-order valence-electron chi connectivity index (χ1n) is 7.71. The average Bonchev–Trinajstić information content (AvgIpc) is 2.99. The van der Waals surface area contributed by atoms with E-state index in [4.69, 9.17) is 4.42 Å². The molecule has 1 aliphatic rings. The van der Waals surface area contributed by atoms with Crippen LogP contribution in [-0.2, 0) is 0 Å². The number of nitrogens with zero attached hydrogens (tertiary/aromatic N) is 4. The molecule has 3 heterocycles. The van der Waals surface area contributed by atoms with Gasteiger partial charge < -0.3 is 9.32 Å². The molecule has 0 N–H and O–H groups in total. The molecule has 3 rings (SSSR count). The predicted octanol–water partition coefficient (Wildman–Crippen LogP) is 2.58. The van der Waals surface area contributed by atoms with Crippen LogP contribution in [0.3, 0.4) is 0 Å². The van der Waals surface area contributed by atoms with Crippen LogP contribution in [0, 0.1) is 27.7 Å². The van der Waals surface area contributed by atoms with Gasteiger partial charge in [-0.3, -0.25) is 4.79 Å². The van der Waals surface area contributed by atoms with Gasteiger partial charge in [0.15, 0.2) is 0 Å². The van der Waals surface area contributed by atoms with Crippen molar-refractivity contribution in [2.75, 3.05) is 13.1 Å². The smallest absolute Gasteiger partial charge is 0.257 e. The van der Waals surface area contributed by atoms with Crippen molar-refractivity contribution in [2.24, 2.45) is 0 Å². The third kappa shape index (κ3) is 2.65. The fourth-order valence-corrected chi connectivity index (χ4v) is 3.23. The molecule has 1 amide bonds. The molecule has 1 aliphatic heterocycles. The highest BCUT2D eigenvalue weighted by Gasteiger charge is 2.28. The number of carbonyl (C=O) groups excluding carboxylic acids is 1. The molecular weight excluding hydrogens is 280 g/mol. The molecule has 6 nitrogen and oxygen atoms in total. The largest absolute Gasteiger partial charge is 0.466 e. The van der Waals surface area contributed by atoms with Crippen LogP contribution < -0.4 is 0 Å². The molecule has 1 atom stereocenters. The number of likely N-dealkylation sites (tertiary alicyclic amines) is 1. The molecule has 0 aromatic carbocycles. The highest BCUT2D eigenvalue weighted by atomic mass is 16.3. The zero-order valence-corrected chi connectivity index (χ0v) is 13.6. The quantitative estimate of drug-likeness (QED) is 0.855. The summed E-state index contributed by atoms with van der Waals surface area (Å²) in [5, 5.41) is 4.47. The van der Waals surface area contributed by atoms with Crippen LogP contribution in [0.1, 0.15) is 52.4 Å². The van der Waals surface area contributed by atoms with Gasteiger partial charge in [0.2, 0.25) is 0 Å². The van der Waals surface area contributed by atoms with Gasteiger partial charge in [0.05, 0.1) is 11.6 Å². The Morgan fingerprint density at radius 2 is 2.09 bits per heavy atom. The van der Waals surface area contributed by atoms with Gasteiger partial charge in [-0.25, -0.2) is 9.67 Å². The summed E-state index contributed by atoms with van der Waals surface area (Å²) in [4.78, 5) is 19.0. The SMILES string of the molecule is Cc1nc(C)n([C@H]2CCCN(C(=O)c3cc(C)oc3C)C2)n1. The van der Waals surface area contributed by atoms with Crippen molar-refractivity contribution in [1.29, 1.82) is 0 Å². The lowest BCUT2D eigenvalue weighted by Gasteiger charge is -2.33. The lowest BCUT2D eigenvalue weighted by molar-refractivity contribution is 0.0669. The zero-order valence-electron chi connectivity index (χ0n) is 13.6. The van der Waals surface area contributed by atoms with Gasteiger partial charge in [0.1, 0.15) is 23.2 Å². The molecule has 0 spiro atoms. The van der Waals surface area contributed by atoms with Crippen molar-refractivity contribution in [1.82, 2.24) is 19.7 Å². The second kappa shape index (κ2) is 5.59. The van der Waals surface area contributed by atoms with Crippen LogP contribution in [-0.4, -0.2) is 38.7 Å². The molecule has 118 valence electrons. The summed E-state index contributed by atoms with van der Waals surface area (Å²) in [5.41, 5.74) is 0.671. The molecule has 0 unspecified atom stereocenters. The Kier molecular flexibility index (Phi) is 3.76. The summed E-state index contributed by atoms with van der Waals surface area (Å²) in [5.74, 6) is 3.21. The number of amides is 1. The first-order valence-corrected chi connectivity index (χ1v) is 7.71. The van der Waals surface area contributed by atoms with Crippen molar-refractivity contribution in [3.8, 4) is 0 Å². The van der Waals surface area contributed by atoms with Crippen LogP contribution in [0.2, 0.25) is 0 Å². The number of furan rings is 1. The summed E-state index contributed by atoms with van der Waals surface area (Å²) >= 11 is 0. The molecule has 0 bridgehead atoms. The van der Waals surface area contributed by atoms with E-state index in [1.165, 1.54) is 0 Å². The first kappa shape index (κ1) is 14.8. The van der Waals surface area contributed by atoms with E-state index in [-0.39, 0.29) is 11.9 Å². The number of piperidine rings is 1. The minimum Gasteiger partial charge on any atom is -0.466 e. The second-order valence-electron chi connectivity index (χ2n) is 6.02. The molecule has 6 heteroatoms. The molecule has 0 aliphatic carbocycles. The molecule has 2 aromatic heterocycles. The van der Waals surface area contributed by atoms with Crippen LogP contribution >= 0.6 is 0 Å².